The molecule has 0 aliphatic heterocycles. The highest BCUT2D eigenvalue weighted by Gasteiger charge is 2.32. The van der Waals surface area contributed by atoms with Crippen LogP contribution in [0.3, 0.4) is 0 Å². The molecule has 0 bridgehead atoms. The zero-order valence-corrected chi connectivity index (χ0v) is 9.03. The van der Waals surface area contributed by atoms with Gasteiger partial charge in [-0.1, -0.05) is 33.9 Å². The van der Waals surface area contributed by atoms with Crippen LogP contribution in [0.1, 0.15) is 20.8 Å². The molecular formula is C6H15ClN2Si. The molecular weight excluding hydrogens is 164 g/mol. The molecule has 0 atom stereocenters. The summed E-state index contributed by atoms with van der Waals surface area (Å²) in [5.74, 6) is 0. The fourth-order valence-corrected chi connectivity index (χ4v) is 0. The standard InChI is InChI=1S/C6H15ClSi.N2/c1-6(2,3)8(4,5)7;1-2/h1-5H3;. The monoisotopic (exact) mass is 178 g/mol. The molecule has 0 aliphatic carbocycles. The van der Waals surface area contributed by atoms with E-state index in [4.69, 9.17) is 21.9 Å². The van der Waals surface area contributed by atoms with Crippen molar-refractivity contribution in [3.8, 4) is 0 Å². The van der Waals surface area contributed by atoms with Gasteiger partial charge in [0.2, 0.25) is 0 Å². The Morgan fingerprint density at radius 2 is 1.20 bits per heavy atom. The molecule has 60 valence electrons. The van der Waals surface area contributed by atoms with E-state index in [2.05, 4.69) is 33.9 Å². The van der Waals surface area contributed by atoms with E-state index in [0.29, 0.717) is 5.04 Å². The van der Waals surface area contributed by atoms with E-state index in [9.17, 15) is 0 Å². The summed E-state index contributed by atoms with van der Waals surface area (Å²) in [5, 5.41) is 12.3. The highest BCUT2D eigenvalue weighted by atomic mass is 35.6. The van der Waals surface area contributed by atoms with Crippen molar-refractivity contribution >= 4 is 18.5 Å². The number of hydrogen-bond acceptors (Lipinski definition) is 2. The van der Waals surface area contributed by atoms with Crippen LogP contribution in [0.5, 0.6) is 0 Å². The number of halogens is 1. The van der Waals surface area contributed by atoms with Crippen molar-refractivity contribution in [1.29, 1.82) is 10.8 Å². The predicted molar refractivity (Wildman–Crippen MR) is 46.5 cm³/mol. The third kappa shape index (κ3) is 4.77. The minimum Gasteiger partial charge on any atom is -0.167 e. The van der Waals surface area contributed by atoms with E-state index < -0.39 is 7.38 Å². The van der Waals surface area contributed by atoms with E-state index in [1.54, 1.807) is 0 Å². The summed E-state index contributed by atoms with van der Waals surface area (Å²) >= 11 is 6.15. The molecule has 0 aromatic heterocycles. The first-order chi connectivity index (χ1) is 4.25. The quantitative estimate of drug-likeness (QED) is 0.325. The van der Waals surface area contributed by atoms with Crippen molar-refractivity contribution in [2.75, 3.05) is 0 Å². The van der Waals surface area contributed by atoms with Gasteiger partial charge in [0.05, 0.1) is 0 Å². The first-order valence-electron chi connectivity index (χ1n) is 3.14. The van der Waals surface area contributed by atoms with Crippen molar-refractivity contribution in [3.63, 3.8) is 0 Å². The second kappa shape index (κ2) is 3.94. The van der Waals surface area contributed by atoms with Crippen LogP contribution in [0.15, 0.2) is 0 Å². The van der Waals surface area contributed by atoms with Gasteiger partial charge < -0.3 is 0 Å². The van der Waals surface area contributed by atoms with E-state index in [-0.39, 0.29) is 0 Å². The highest BCUT2D eigenvalue weighted by molar-refractivity contribution is 7.20. The zero-order valence-electron chi connectivity index (χ0n) is 7.27. The molecule has 0 spiro atoms. The van der Waals surface area contributed by atoms with Gasteiger partial charge in [0.15, 0.2) is 7.38 Å². The van der Waals surface area contributed by atoms with Gasteiger partial charge in [0, 0.05) is 10.8 Å². The Kier molecular flexibility index (Phi) is 4.96. The molecule has 2 nitrogen and oxygen atoms in total. The first-order valence-corrected chi connectivity index (χ1v) is 7.15. The third-order valence-electron chi connectivity index (χ3n) is 1.78. The fraction of sp³-hybridized carbons (Fsp3) is 1.00. The lowest BCUT2D eigenvalue weighted by Gasteiger charge is -2.29. The van der Waals surface area contributed by atoms with Gasteiger partial charge in [-0.15, -0.1) is 0 Å². The lowest BCUT2D eigenvalue weighted by Crippen LogP contribution is -2.29. The maximum absolute atomic E-state index is 6.15. The van der Waals surface area contributed by atoms with Gasteiger partial charge in [0.25, 0.3) is 0 Å². The molecule has 0 saturated carbocycles. The molecule has 0 heterocycles. The molecule has 0 unspecified atom stereocenters. The molecule has 10 heavy (non-hydrogen) atoms. The summed E-state index contributed by atoms with van der Waals surface area (Å²) in [7, 11) is -1.39. The lowest BCUT2D eigenvalue weighted by molar-refractivity contribution is 0.735. The van der Waals surface area contributed by atoms with E-state index in [1.807, 2.05) is 0 Å². The molecule has 4 heteroatoms. The van der Waals surface area contributed by atoms with Crippen molar-refractivity contribution in [3.05, 3.63) is 0 Å². The summed E-state index contributed by atoms with van der Waals surface area (Å²) in [6.07, 6.45) is 0. The summed E-state index contributed by atoms with van der Waals surface area (Å²) in [4.78, 5) is 0. The van der Waals surface area contributed by atoms with Crippen molar-refractivity contribution in [2.45, 2.75) is 38.9 Å². The Labute approximate surface area is 68.7 Å². The van der Waals surface area contributed by atoms with Gasteiger partial charge in [-0.3, -0.25) is 0 Å². The third-order valence-corrected chi connectivity index (χ3v) is 7.05. The molecule has 0 aliphatic rings. The zero-order chi connectivity index (χ0) is 9.00. The Morgan fingerprint density at radius 1 is 1.10 bits per heavy atom. The van der Waals surface area contributed by atoms with Crippen molar-refractivity contribution in [2.24, 2.45) is 0 Å². The molecule has 0 aromatic rings. The molecule has 0 radical (unpaired) electrons. The van der Waals surface area contributed by atoms with Crippen molar-refractivity contribution in [1.82, 2.24) is 0 Å². The molecule has 0 aromatic carbocycles. The molecule has 0 N–H and O–H groups in total. The van der Waals surface area contributed by atoms with Crippen LogP contribution in [-0.2, 0) is 0 Å². The average molecular weight is 179 g/mol. The second-order valence-corrected chi connectivity index (χ2v) is 11.0. The summed E-state index contributed by atoms with van der Waals surface area (Å²) in [6, 6.07) is 0. The number of rotatable bonds is 0. The Hall–Kier alpha value is -0.0731. The van der Waals surface area contributed by atoms with Gasteiger partial charge >= 0.3 is 0 Å². The van der Waals surface area contributed by atoms with Crippen molar-refractivity contribution < 1.29 is 0 Å². The largest absolute Gasteiger partial charge is 0.167 e. The molecule has 0 rings (SSSR count). The maximum Gasteiger partial charge on any atom is 0.155 e. The number of hydrogen-bond donors (Lipinski definition) is 0. The first kappa shape index (κ1) is 12.6. The van der Waals surface area contributed by atoms with E-state index >= 15 is 0 Å². The van der Waals surface area contributed by atoms with Crippen LogP contribution in [0.2, 0.25) is 18.1 Å². The summed E-state index contributed by atoms with van der Waals surface area (Å²) in [6.45, 7) is 11.0. The van der Waals surface area contributed by atoms with Crippen LogP contribution < -0.4 is 0 Å². The van der Waals surface area contributed by atoms with Crippen LogP contribution >= 0.6 is 11.1 Å². The van der Waals surface area contributed by atoms with Gasteiger partial charge in [-0.2, -0.15) is 11.1 Å². The lowest BCUT2D eigenvalue weighted by atomic mass is 10.2. The Morgan fingerprint density at radius 3 is 1.20 bits per heavy atom. The average Bonchev–Trinajstić information content (AvgIpc) is 1.66. The van der Waals surface area contributed by atoms with Crippen LogP contribution in [0.25, 0.3) is 0 Å². The smallest absolute Gasteiger partial charge is 0.155 e. The highest BCUT2D eigenvalue weighted by Crippen LogP contribution is 2.38. The topological polar surface area (TPSA) is 47.6 Å². The normalized spacial score (nSPS) is 11.6. The minimum atomic E-state index is -1.39. The maximum atomic E-state index is 6.15. The van der Waals surface area contributed by atoms with Crippen LogP contribution in [0.4, 0.5) is 0 Å². The van der Waals surface area contributed by atoms with E-state index in [1.165, 1.54) is 0 Å². The molecule has 0 amide bonds. The second-order valence-electron chi connectivity index (χ2n) is 3.72. The van der Waals surface area contributed by atoms with Gasteiger partial charge in [-0.05, 0) is 5.04 Å². The van der Waals surface area contributed by atoms with Gasteiger partial charge in [-0.25, -0.2) is 0 Å². The SMILES string of the molecule is CC(C)(C)[Si](C)(C)Cl.N#N. The Bertz CT molecular complexity index is 97.1. The predicted octanol–water partition coefficient (Wildman–Crippen LogP) is 3.26. The fourth-order valence-electron chi connectivity index (χ4n) is 0. The van der Waals surface area contributed by atoms with Crippen LogP contribution in [-0.4, -0.2) is 7.38 Å². The Balaban J connectivity index is 0. The van der Waals surface area contributed by atoms with Gasteiger partial charge in [0.1, 0.15) is 0 Å². The minimum absolute atomic E-state index is 0.342. The number of nitrogens with zero attached hydrogens (tertiary/aromatic N) is 2. The molecule has 0 saturated heterocycles. The van der Waals surface area contributed by atoms with Crippen LogP contribution in [0, 0.1) is 10.8 Å². The summed E-state index contributed by atoms with van der Waals surface area (Å²) in [5.41, 5.74) is 0. The van der Waals surface area contributed by atoms with E-state index in [0.717, 1.165) is 0 Å². The molecule has 0 fully saturated rings. The summed E-state index contributed by atoms with van der Waals surface area (Å²) < 4.78 is 0.